The normalized spacial score (nSPS) is 18.6. The fourth-order valence-electron chi connectivity index (χ4n) is 2.90. The number of ether oxygens (including phenoxy) is 1. The van der Waals surface area contributed by atoms with Crippen molar-refractivity contribution >= 4 is 21.7 Å². The van der Waals surface area contributed by atoms with Crippen molar-refractivity contribution in [2.45, 2.75) is 50.8 Å². The lowest BCUT2D eigenvalue weighted by molar-refractivity contribution is 0.193. The fraction of sp³-hybridized carbons (Fsp3) is 0.632. The quantitative estimate of drug-likeness (QED) is 0.743. The summed E-state index contributed by atoms with van der Waals surface area (Å²) in [6.07, 6.45) is 3.74. The first kappa shape index (κ1) is 19.9. The number of nitrogens with one attached hydrogen (secondary N) is 2. The van der Waals surface area contributed by atoms with E-state index in [4.69, 9.17) is 4.74 Å². The van der Waals surface area contributed by atoms with E-state index in [1.165, 1.54) is 12.8 Å². The molecule has 1 aliphatic carbocycles. The van der Waals surface area contributed by atoms with Gasteiger partial charge in [-0.3, -0.25) is 0 Å². The molecule has 2 N–H and O–H groups in total. The monoisotopic (exact) mass is 395 g/mol. The number of rotatable bonds is 7. The zero-order chi connectivity index (χ0) is 19.4. The largest absolute Gasteiger partial charge is 0.493 e. The molecule has 1 heterocycles. The SMILES string of the molecule is CC(C)S(=O)(=O)NC1CCN(C(=O)Nc2ccc(OCC3CC3)cc2)CC1. The minimum absolute atomic E-state index is 0.107. The van der Waals surface area contributed by atoms with Crippen molar-refractivity contribution in [1.29, 1.82) is 0 Å². The van der Waals surface area contributed by atoms with Crippen LogP contribution < -0.4 is 14.8 Å². The molecule has 1 aromatic rings. The molecule has 0 aromatic heterocycles. The maximum absolute atomic E-state index is 12.4. The van der Waals surface area contributed by atoms with E-state index in [2.05, 4.69) is 10.0 Å². The van der Waals surface area contributed by atoms with Gasteiger partial charge in [0.25, 0.3) is 0 Å². The van der Waals surface area contributed by atoms with Crippen LogP contribution in [-0.2, 0) is 10.0 Å². The van der Waals surface area contributed by atoms with Crippen LogP contribution in [0.3, 0.4) is 0 Å². The summed E-state index contributed by atoms with van der Waals surface area (Å²) >= 11 is 0. The fourth-order valence-corrected chi connectivity index (χ4v) is 3.88. The van der Waals surface area contributed by atoms with Crippen LogP contribution in [0.2, 0.25) is 0 Å². The van der Waals surface area contributed by atoms with Crippen molar-refractivity contribution in [3.8, 4) is 5.75 Å². The molecule has 0 spiro atoms. The standard InChI is InChI=1S/C19H29N3O4S/c1-14(2)27(24,25)21-17-9-11-22(12-10-17)19(23)20-16-5-7-18(8-6-16)26-13-15-3-4-15/h5-8,14-15,17,21H,3-4,9-13H2,1-2H3,(H,20,23). The number of benzene rings is 1. The molecule has 1 saturated carbocycles. The summed E-state index contributed by atoms with van der Waals surface area (Å²) in [5.41, 5.74) is 0.724. The van der Waals surface area contributed by atoms with Crippen molar-refractivity contribution in [3.63, 3.8) is 0 Å². The molecule has 2 fully saturated rings. The number of sulfonamides is 1. The van der Waals surface area contributed by atoms with Crippen LogP contribution in [0, 0.1) is 5.92 Å². The Bertz CT molecular complexity index is 737. The topological polar surface area (TPSA) is 87.7 Å². The molecule has 3 rings (SSSR count). The van der Waals surface area contributed by atoms with Gasteiger partial charge in [-0.25, -0.2) is 17.9 Å². The van der Waals surface area contributed by atoms with Gasteiger partial charge < -0.3 is 15.0 Å². The van der Waals surface area contributed by atoms with Gasteiger partial charge in [0.1, 0.15) is 5.75 Å². The summed E-state index contributed by atoms with van der Waals surface area (Å²) in [7, 11) is -3.28. The van der Waals surface area contributed by atoms with Crippen LogP contribution in [0.15, 0.2) is 24.3 Å². The van der Waals surface area contributed by atoms with Gasteiger partial charge in [0.05, 0.1) is 11.9 Å². The molecule has 2 amide bonds. The Morgan fingerprint density at radius 3 is 2.33 bits per heavy atom. The second-order valence-electron chi connectivity index (χ2n) is 7.68. The number of hydrogen-bond donors (Lipinski definition) is 2. The van der Waals surface area contributed by atoms with Gasteiger partial charge in [-0.1, -0.05) is 0 Å². The van der Waals surface area contributed by atoms with Crippen molar-refractivity contribution in [2.24, 2.45) is 5.92 Å². The molecule has 150 valence electrons. The predicted octanol–water partition coefficient (Wildman–Crippen LogP) is 2.80. The highest BCUT2D eigenvalue weighted by atomic mass is 32.2. The Hall–Kier alpha value is -1.80. The maximum Gasteiger partial charge on any atom is 0.321 e. The molecule has 0 unspecified atom stereocenters. The van der Waals surface area contributed by atoms with Crippen LogP contribution >= 0.6 is 0 Å². The van der Waals surface area contributed by atoms with Crippen molar-refractivity contribution < 1.29 is 17.9 Å². The Morgan fingerprint density at radius 2 is 1.78 bits per heavy atom. The van der Waals surface area contributed by atoms with E-state index in [0.717, 1.165) is 18.0 Å². The number of hydrogen-bond acceptors (Lipinski definition) is 4. The molecule has 27 heavy (non-hydrogen) atoms. The van der Waals surface area contributed by atoms with Gasteiger partial charge in [0, 0.05) is 24.8 Å². The van der Waals surface area contributed by atoms with E-state index >= 15 is 0 Å². The molecule has 2 aliphatic rings. The Morgan fingerprint density at radius 1 is 1.15 bits per heavy atom. The van der Waals surface area contributed by atoms with Crippen LogP contribution in [0.25, 0.3) is 0 Å². The molecule has 1 saturated heterocycles. The van der Waals surface area contributed by atoms with Crippen LogP contribution in [0.4, 0.5) is 10.5 Å². The Labute approximate surface area is 161 Å². The summed E-state index contributed by atoms with van der Waals surface area (Å²) in [4.78, 5) is 14.1. The van der Waals surface area contributed by atoms with E-state index < -0.39 is 15.3 Å². The summed E-state index contributed by atoms with van der Waals surface area (Å²) in [6.45, 7) is 5.14. The van der Waals surface area contributed by atoms with Crippen LogP contribution in [0.5, 0.6) is 5.75 Å². The smallest absolute Gasteiger partial charge is 0.321 e. The highest BCUT2D eigenvalue weighted by Crippen LogP contribution is 2.29. The third-order valence-corrected chi connectivity index (χ3v) is 6.92. The Balaban J connectivity index is 1.43. The van der Waals surface area contributed by atoms with E-state index in [-0.39, 0.29) is 12.1 Å². The molecule has 1 aromatic carbocycles. The minimum Gasteiger partial charge on any atom is -0.493 e. The first-order chi connectivity index (χ1) is 12.8. The second-order valence-corrected chi connectivity index (χ2v) is 9.95. The summed E-state index contributed by atoms with van der Waals surface area (Å²) in [5.74, 6) is 1.52. The van der Waals surface area contributed by atoms with Crippen molar-refractivity contribution in [2.75, 3.05) is 25.0 Å². The number of piperidine rings is 1. The zero-order valence-electron chi connectivity index (χ0n) is 16.0. The number of amides is 2. The van der Waals surface area contributed by atoms with E-state index in [1.807, 2.05) is 24.3 Å². The van der Waals surface area contributed by atoms with Gasteiger partial charge in [-0.05, 0) is 69.7 Å². The van der Waals surface area contributed by atoms with Crippen LogP contribution in [0.1, 0.15) is 39.5 Å². The van der Waals surface area contributed by atoms with Gasteiger partial charge in [0.15, 0.2) is 0 Å². The number of urea groups is 1. The summed E-state index contributed by atoms with van der Waals surface area (Å²) in [6, 6.07) is 7.14. The lowest BCUT2D eigenvalue weighted by Gasteiger charge is -2.32. The second kappa shape index (κ2) is 8.48. The number of carbonyl (C=O) groups excluding carboxylic acids is 1. The molecule has 0 bridgehead atoms. The van der Waals surface area contributed by atoms with Crippen molar-refractivity contribution in [3.05, 3.63) is 24.3 Å². The van der Waals surface area contributed by atoms with Crippen molar-refractivity contribution in [1.82, 2.24) is 9.62 Å². The highest BCUT2D eigenvalue weighted by Gasteiger charge is 2.27. The number of likely N-dealkylation sites (tertiary alicyclic amines) is 1. The average molecular weight is 396 g/mol. The van der Waals surface area contributed by atoms with Gasteiger partial charge >= 0.3 is 6.03 Å². The van der Waals surface area contributed by atoms with Gasteiger partial charge in [0.2, 0.25) is 10.0 Å². The van der Waals surface area contributed by atoms with E-state index in [9.17, 15) is 13.2 Å². The first-order valence-corrected chi connectivity index (χ1v) is 11.2. The van der Waals surface area contributed by atoms with E-state index in [1.54, 1.807) is 18.7 Å². The summed E-state index contributed by atoms with van der Waals surface area (Å²) < 4.78 is 32.3. The molecular weight excluding hydrogens is 366 g/mol. The zero-order valence-corrected chi connectivity index (χ0v) is 16.8. The third-order valence-electron chi connectivity index (χ3n) is 5.02. The number of anilines is 1. The molecule has 0 radical (unpaired) electrons. The van der Waals surface area contributed by atoms with Gasteiger partial charge in [-0.15, -0.1) is 0 Å². The molecule has 1 aliphatic heterocycles. The molecule has 0 atom stereocenters. The third kappa shape index (κ3) is 5.84. The summed E-state index contributed by atoms with van der Waals surface area (Å²) in [5, 5.41) is 2.44. The number of nitrogens with zero attached hydrogens (tertiary/aromatic N) is 1. The maximum atomic E-state index is 12.4. The van der Waals surface area contributed by atoms with Gasteiger partial charge in [-0.2, -0.15) is 0 Å². The lowest BCUT2D eigenvalue weighted by atomic mass is 10.1. The molecule has 7 nitrogen and oxygen atoms in total. The van der Waals surface area contributed by atoms with Crippen LogP contribution in [-0.4, -0.2) is 50.3 Å². The Kier molecular flexibility index (Phi) is 6.26. The average Bonchev–Trinajstić information content (AvgIpc) is 3.46. The molecule has 8 heteroatoms. The predicted molar refractivity (Wildman–Crippen MR) is 105 cm³/mol. The highest BCUT2D eigenvalue weighted by molar-refractivity contribution is 7.90. The minimum atomic E-state index is -3.28. The molecular formula is C19H29N3O4S. The van der Waals surface area contributed by atoms with E-state index in [0.29, 0.717) is 31.8 Å². The number of carbonyl (C=O) groups is 1. The lowest BCUT2D eigenvalue weighted by Crippen LogP contribution is -2.48. The first-order valence-electron chi connectivity index (χ1n) is 9.63.